The first-order chi connectivity index (χ1) is 11.6. The van der Waals surface area contributed by atoms with Gasteiger partial charge in [0.1, 0.15) is 12.4 Å². The number of nitrogens with zero attached hydrogens (tertiary/aromatic N) is 1. The van der Waals surface area contributed by atoms with Gasteiger partial charge in [-0.15, -0.1) is 0 Å². The fourth-order valence-corrected chi connectivity index (χ4v) is 2.69. The Morgan fingerprint density at radius 3 is 2.08 bits per heavy atom. The lowest BCUT2D eigenvalue weighted by Crippen LogP contribution is -2.25. The van der Waals surface area contributed by atoms with Gasteiger partial charge in [-0.25, -0.2) is 0 Å². The van der Waals surface area contributed by atoms with Gasteiger partial charge in [-0.2, -0.15) is 0 Å². The van der Waals surface area contributed by atoms with E-state index in [0.717, 1.165) is 16.8 Å². The Balaban J connectivity index is 1.84. The highest BCUT2D eigenvalue weighted by Gasteiger charge is 2.11. The van der Waals surface area contributed by atoms with E-state index in [2.05, 4.69) is 0 Å². The molecule has 0 aliphatic carbocycles. The van der Waals surface area contributed by atoms with E-state index in [4.69, 9.17) is 4.74 Å². The van der Waals surface area contributed by atoms with Crippen LogP contribution in [0.4, 0.5) is 0 Å². The average Bonchev–Trinajstić information content (AvgIpc) is 2.62. The molecule has 24 heavy (non-hydrogen) atoms. The zero-order valence-electron chi connectivity index (χ0n) is 14.0. The molecule has 0 N–H and O–H groups in total. The molecular formula is C21H21NO2. The Hall–Kier alpha value is -2.81. The molecule has 0 aliphatic heterocycles. The first-order valence-electron chi connectivity index (χ1n) is 8.07. The van der Waals surface area contributed by atoms with Crippen molar-refractivity contribution < 1.29 is 4.74 Å². The highest BCUT2D eigenvalue weighted by atomic mass is 16.5. The minimum absolute atomic E-state index is 0.00177. The second kappa shape index (κ2) is 7.18. The summed E-state index contributed by atoms with van der Waals surface area (Å²) in [4.78, 5) is 12.7. The summed E-state index contributed by atoms with van der Waals surface area (Å²) in [6.07, 6.45) is 0. The Morgan fingerprint density at radius 1 is 0.875 bits per heavy atom. The van der Waals surface area contributed by atoms with Crippen LogP contribution in [-0.2, 0) is 13.2 Å². The summed E-state index contributed by atoms with van der Waals surface area (Å²) in [6.45, 7) is 4.80. The standard InChI is InChI=1S/C21H21NO2/c1-16-13-20(24-15-19-11-7-4-8-12-19)17(2)21(23)22(16)14-18-9-5-3-6-10-18/h3-13H,14-15H2,1-2H3. The molecule has 2 aromatic carbocycles. The number of hydrogen-bond donors (Lipinski definition) is 0. The molecule has 0 aliphatic rings. The Labute approximate surface area is 142 Å². The van der Waals surface area contributed by atoms with Gasteiger partial charge in [0, 0.05) is 5.69 Å². The van der Waals surface area contributed by atoms with Gasteiger partial charge >= 0.3 is 0 Å². The Morgan fingerprint density at radius 2 is 1.46 bits per heavy atom. The predicted octanol–water partition coefficient (Wildman–Crippen LogP) is 4.09. The van der Waals surface area contributed by atoms with E-state index >= 15 is 0 Å². The van der Waals surface area contributed by atoms with Gasteiger partial charge in [-0.05, 0) is 31.0 Å². The monoisotopic (exact) mass is 319 g/mol. The molecule has 3 aromatic rings. The van der Waals surface area contributed by atoms with Crippen LogP contribution in [0.1, 0.15) is 22.4 Å². The van der Waals surface area contributed by atoms with Crippen molar-refractivity contribution in [1.29, 1.82) is 0 Å². The minimum atomic E-state index is 0.00177. The third-order valence-corrected chi connectivity index (χ3v) is 4.12. The smallest absolute Gasteiger partial charge is 0.257 e. The number of aromatic nitrogens is 1. The molecule has 3 nitrogen and oxygen atoms in total. The van der Waals surface area contributed by atoms with E-state index in [1.807, 2.05) is 80.6 Å². The molecule has 3 rings (SSSR count). The highest BCUT2D eigenvalue weighted by molar-refractivity contribution is 5.33. The van der Waals surface area contributed by atoms with Gasteiger partial charge in [-0.1, -0.05) is 60.7 Å². The lowest BCUT2D eigenvalue weighted by atomic mass is 10.2. The van der Waals surface area contributed by atoms with E-state index in [9.17, 15) is 4.79 Å². The topological polar surface area (TPSA) is 31.2 Å². The molecular weight excluding hydrogens is 298 g/mol. The van der Waals surface area contributed by atoms with E-state index in [0.29, 0.717) is 24.5 Å². The highest BCUT2D eigenvalue weighted by Crippen LogP contribution is 2.18. The van der Waals surface area contributed by atoms with Crippen molar-refractivity contribution in [3.63, 3.8) is 0 Å². The lowest BCUT2D eigenvalue weighted by Gasteiger charge is -2.15. The summed E-state index contributed by atoms with van der Waals surface area (Å²) in [5.41, 5.74) is 3.75. The molecule has 1 heterocycles. The molecule has 0 fully saturated rings. The first-order valence-corrected chi connectivity index (χ1v) is 8.07. The molecule has 3 heteroatoms. The first kappa shape index (κ1) is 16.1. The number of benzene rings is 2. The number of pyridine rings is 1. The maximum Gasteiger partial charge on any atom is 0.257 e. The van der Waals surface area contributed by atoms with E-state index in [1.165, 1.54) is 0 Å². The van der Waals surface area contributed by atoms with Crippen molar-refractivity contribution in [3.8, 4) is 5.75 Å². The molecule has 1 aromatic heterocycles. The van der Waals surface area contributed by atoms with Gasteiger partial charge in [0.25, 0.3) is 5.56 Å². The van der Waals surface area contributed by atoms with Crippen molar-refractivity contribution in [2.45, 2.75) is 27.0 Å². The molecule has 0 amide bonds. The zero-order valence-corrected chi connectivity index (χ0v) is 14.0. The maximum atomic E-state index is 12.7. The quantitative estimate of drug-likeness (QED) is 0.709. The maximum absolute atomic E-state index is 12.7. The van der Waals surface area contributed by atoms with Crippen LogP contribution in [0.2, 0.25) is 0 Å². The fourth-order valence-electron chi connectivity index (χ4n) is 2.69. The van der Waals surface area contributed by atoms with Crippen LogP contribution in [0.15, 0.2) is 71.5 Å². The summed E-state index contributed by atoms with van der Waals surface area (Å²) in [6, 6.07) is 21.9. The summed E-state index contributed by atoms with van der Waals surface area (Å²) >= 11 is 0. The molecule has 0 bridgehead atoms. The Bertz CT molecular complexity index is 868. The zero-order chi connectivity index (χ0) is 16.9. The van der Waals surface area contributed by atoms with Gasteiger partial charge < -0.3 is 9.30 Å². The van der Waals surface area contributed by atoms with Gasteiger partial charge in [0.15, 0.2) is 0 Å². The average molecular weight is 319 g/mol. The van der Waals surface area contributed by atoms with Crippen LogP contribution in [0.5, 0.6) is 5.75 Å². The van der Waals surface area contributed by atoms with E-state index in [1.54, 1.807) is 4.57 Å². The number of ether oxygens (including phenoxy) is 1. The van der Waals surface area contributed by atoms with Crippen LogP contribution in [0.3, 0.4) is 0 Å². The van der Waals surface area contributed by atoms with Crippen molar-refractivity contribution >= 4 is 0 Å². The molecule has 0 radical (unpaired) electrons. The number of aryl methyl sites for hydroxylation is 1. The van der Waals surface area contributed by atoms with Crippen LogP contribution in [0, 0.1) is 13.8 Å². The number of hydrogen-bond acceptors (Lipinski definition) is 2. The second-order valence-electron chi connectivity index (χ2n) is 5.93. The third kappa shape index (κ3) is 3.57. The normalized spacial score (nSPS) is 10.6. The molecule has 122 valence electrons. The summed E-state index contributed by atoms with van der Waals surface area (Å²) < 4.78 is 7.67. The molecule has 0 spiro atoms. The third-order valence-electron chi connectivity index (χ3n) is 4.12. The van der Waals surface area contributed by atoms with E-state index < -0.39 is 0 Å². The molecule has 0 saturated heterocycles. The van der Waals surface area contributed by atoms with Crippen LogP contribution >= 0.6 is 0 Å². The fraction of sp³-hybridized carbons (Fsp3) is 0.190. The molecule has 0 saturated carbocycles. The lowest BCUT2D eigenvalue weighted by molar-refractivity contribution is 0.302. The van der Waals surface area contributed by atoms with Crippen LogP contribution in [-0.4, -0.2) is 4.57 Å². The second-order valence-corrected chi connectivity index (χ2v) is 5.93. The van der Waals surface area contributed by atoms with E-state index in [-0.39, 0.29) is 5.56 Å². The van der Waals surface area contributed by atoms with Crippen molar-refractivity contribution in [2.24, 2.45) is 0 Å². The summed E-state index contributed by atoms with van der Waals surface area (Å²) in [7, 11) is 0. The SMILES string of the molecule is Cc1c(OCc2ccccc2)cc(C)n(Cc2ccccc2)c1=O. The van der Waals surface area contributed by atoms with Gasteiger partial charge in [-0.3, -0.25) is 4.79 Å². The predicted molar refractivity (Wildman–Crippen MR) is 96.5 cm³/mol. The van der Waals surface area contributed by atoms with Crippen molar-refractivity contribution in [1.82, 2.24) is 4.57 Å². The largest absolute Gasteiger partial charge is 0.488 e. The summed E-state index contributed by atoms with van der Waals surface area (Å²) in [5, 5.41) is 0. The van der Waals surface area contributed by atoms with Crippen molar-refractivity contribution in [2.75, 3.05) is 0 Å². The van der Waals surface area contributed by atoms with Crippen LogP contribution < -0.4 is 10.3 Å². The molecule has 0 unspecified atom stereocenters. The summed E-state index contributed by atoms with van der Waals surface area (Å²) in [5.74, 6) is 0.658. The van der Waals surface area contributed by atoms with Gasteiger partial charge in [0.2, 0.25) is 0 Å². The van der Waals surface area contributed by atoms with Gasteiger partial charge in [0.05, 0.1) is 12.1 Å². The van der Waals surface area contributed by atoms with Crippen LogP contribution in [0.25, 0.3) is 0 Å². The molecule has 0 atom stereocenters. The Kier molecular flexibility index (Phi) is 4.80. The van der Waals surface area contributed by atoms with Crippen molar-refractivity contribution in [3.05, 3.63) is 99.5 Å². The minimum Gasteiger partial charge on any atom is -0.488 e. The number of rotatable bonds is 5.